The Morgan fingerprint density at radius 1 is 1.06 bits per heavy atom. The first-order valence-corrected chi connectivity index (χ1v) is 6.24. The fourth-order valence-corrected chi connectivity index (χ4v) is 2.64. The van der Waals surface area contributed by atoms with Crippen LogP contribution in [0.5, 0.6) is 0 Å². The van der Waals surface area contributed by atoms with Gasteiger partial charge in [0.1, 0.15) is 0 Å². The van der Waals surface area contributed by atoms with E-state index >= 15 is 0 Å². The Balaban J connectivity index is 2.29. The van der Waals surface area contributed by atoms with E-state index in [2.05, 4.69) is 0 Å². The lowest BCUT2D eigenvalue weighted by molar-refractivity contribution is -0.385. The molecule has 0 saturated heterocycles. The smallest absolute Gasteiger partial charge is 0.258 e. The first-order valence-electron chi connectivity index (χ1n) is 5.24. The van der Waals surface area contributed by atoms with Gasteiger partial charge < -0.3 is 0 Å². The van der Waals surface area contributed by atoms with Crippen molar-refractivity contribution in [3.63, 3.8) is 0 Å². The first kappa shape index (κ1) is 11.7. The van der Waals surface area contributed by atoms with Crippen LogP contribution in [0.15, 0.2) is 48.5 Å². The second-order valence-corrected chi connectivity index (χ2v) is 5.15. The molecular formula is C13H12NO2P. The van der Waals surface area contributed by atoms with Crippen LogP contribution < -0.4 is 10.6 Å². The van der Waals surface area contributed by atoms with Crippen LogP contribution in [0.4, 0.5) is 5.69 Å². The van der Waals surface area contributed by atoms with Gasteiger partial charge in [0, 0.05) is 11.6 Å². The normalized spacial score (nSPS) is 10.9. The number of rotatable bonds is 3. The molecule has 0 N–H and O–H groups in total. The molecule has 0 radical (unpaired) electrons. The molecule has 1 unspecified atom stereocenters. The molecule has 86 valence electrons. The fourth-order valence-electron chi connectivity index (χ4n) is 1.57. The highest BCUT2D eigenvalue weighted by molar-refractivity contribution is 7.55. The lowest BCUT2D eigenvalue weighted by atomic mass is 10.2. The van der Waals surface area contributed by atoms with Crippen molar-refractivity contribution in [2.24, 2.45) is 0 Å². The van der Waals surface area contributed by atoms with E-state index in [-0.39, 0.29) is 10.6 Å². The van der Waals surface area contributed by atoms with Crippen molar-refractivity contribution in [1.82, 2.24) is 0 Å². The van der Waals surface area contributed by atoms with Gasteiger partial charge >= 0.3 is 0 Å². The molecule has 4 heteroatoms. The SMILES string of the molecule is Cc1ccc(Pc2ccccc2)cc1[N+](=O)[O-]. The molecule has 0 bridgehead atoms. The third-order valence-electron chi connectivity index (χ3n) is 2.47. The summed E-state index contributed by atoms with van der Waals surface area (Å²) in [5.74, 6) is 0. The lowest BCUT2D eigenvalue weighted by Gasteiger charge is -2.03. The van der Waals surface area contributed by atoms with Crippen LogP contribution in [-0.2, 0) is 0 Å². The maximum Gasteiger partial charge on any atom is 0.272 e. The Kier molecular flexibility index (Phi) is 3.50. The predicted molar refractivity (Wildman–Crippen MR) is 71.9 cm³/mol. The number of hydrogen-bond donors (Lipinski definition) is 0. The minimum atomic E-state index is -0.325. The summed E-state index contributed by atoms with van der Waals surface area (Å²) in [6.45, 7) is 1.76. The van der Waals surface area contributed by atoms with E-state index in [0.29, 0.717) is 14.1 Å². The zero-order valence-electron chi connectivity index (χ0n) is 9.38. The Labute approximate surface area is 101 Å². The molecule has 17 heavy (non-hydrogen) atoms. The van der Waals surface area contributed by atoms with E-state index in [1.165, 1.54) is 5.30 Å². The third-order valence-corrected chi connectivity index (χ3v) is 3.69. The molecule has 0 aliphatic heterocycles. The lowest BCUT2D eigenvalue weighted by Crippen LogP contribution is -2.05. The van der Waals surface area contributed by atoms with E-state index in [4.69, 9.17) is 0 Å². The van der Waals surface area contributed by atoms with Crippen molar-refractivity contribution in [2.45, 2.75) is 6.92 Å². The Morgan fingerprint density at radius 2 is 1.76 bits per heavy atom. The minimum Gasteiger partial charge on any atom is -0.258 e. The highest BCUT2D eigenvalue weighted by atomic mass is 31.1. The molecule has 2 aromatic carbocycles. The van der Waals surface area contributed by atoms with E-state index in [0.717, 1.165) is 5.30 Å². The molecule has 0 aromatic heterocycles. The Morgan fingerprint density at radius 3 is 2.41 bits per heavy atom. The summed E-state index contributed by atoms with van der Waals surface area (Å²) < 4.78 is 0. The van der Waals surface area contributed by atoms with Crippen molar-refractivity contribution in [3.8, 4) is 0 Å². The maximum absolute atomic E-state index is 10.8. The number of nitro benzene ring substituents is 1. The summed E-state index contributed by atoms with van der Waals surface area (Å²) in [6, 6.07) is 15.4. The van der Waals surface area contributed by atoms with Gasteiger partial charge in [0.05, 0.1) is 4.92 Å². The van der Waals surface area contributed by atoms with Crippen LogP contribution in [0, 0.1) is 17.0 Å². The molecule has 0 amide bonds. The minimum absolute atomic E-state index is 0.200. The van der Waals surface area contributed by atoms with Gasteiger partial charge in [-0.25, -0.2) is 0 Å². The van der Waals surface area contributed by atoms with Crippen LogP contribution in [0.2, 0.25) is 0 Å². The van der Waals surface area contributed by atoms with Gasteiger partial charge in [-0.3, -0.25) is 10.1 Å². The van der Waals surface area contributed by atoms with Crippen molar-refractivity contribution < 1.29 is 4.92 Å². The second kappa shape index (κ2) is 5.07. The Bertz CT molecular complexity index is 540. The number of nitrogens with zero attached hydrogens (tertiary/aromatic N) is 1. The standard InChI is InChI=1S/C13H12NO2P/c1-10-7-8-12(9-13(10)14(15)16)17-11-5-3-2-4-6-11/h2-9,17H,1H3. The summed E-state index contributed by atoms with van der Waals surface area (Å²) in [5.41, 5.74) is 0.905. The highest BCUT2D eigenvalue weighted by Gasteiger charge is 2.10. The van der Waals surface area contributed by atoms with Gasteiger partial charge in [-0.2, -0.15) is 0 Å². The summed E-state index contributed by atoms with van der Waals surface area (Å²) in [4.78, 5) is 10.5. The van der Waals surface area contributed by atoms with Crippen molar-refractivity contribution >= 4 is 24.9 Å². The molecular weight excluding hydrogens is 233 g/mol. The first-order chi connectivity index (χ1) is 8.16. The second-order valence-electron chi connectivity index (χ2n) is 3.75. The molecule has 0 fully saturated rings. The molecule has 0 spiro atoms. The van der Waals surface area contributed by atoms with Crippen LogP contribution in [0.3, 0.4) is 0 Å². The molecule has 2 rings (SSSR count). The monoisotopic (exact) mass is 245 g/mol. The molecule has 3 nitrogen and oxygen atoms in total. The largest absolute Gasteiger partial charge is 0.272 e. The molecule has 0 saturated carbocycles. The zero-order valence-corrected chi connectivity index (χ0v) is 10.4. The quantitative estimate of drug-likeness (QED) is 0.473. The van der Waals surface area contributed by atoms with Gasteiger partial charge in [-0.05, 0) is 17.5 Å². The number of hydrogen-bond acceptors (Lipinski definition) is 2. The van der Waals surface area contributed by atoms with Crippen molar-refractivity contribution in [2.75, 3.05) is 0 Å². The average Bonchev–Trinajstić information content (AvgIpc) is 2.32. The molecule has 0 aliphatic rings. The summed E-state index contributed by atoms with van der Waals surface area (Å²) in [7, 11) is 0.458. The van der Waals surface area contributed by atoms with Gasteiger partial charge in [0.15, 0.2) is 0 Å². The number of benzene rings is 2. The van der Waals surface area contributed by atoms with E-state index in [9.17, 15) is 10.1 Å². The predicted octanol–water partition coefficient (Wildman–Crippen LogP) is 2.53. The average molecular weight is 245 g/mol. The maximum atomic E-state index is 10.8. The van der Waals surface area contributed by atoms with Crippen LogP contribution in [0.25, 0.3) is 0 Å². The zero-order chi connectivity index (χ0) is 12.3. The summed E-state index contributed by atoms with van der Waals surface area (Å²) in [5, 5.41) is 13.0. The van der Waals surface area contributed by atoms with E-state index in [1.807, 2.05) is 42.5 Å². The molecule has 2 aromatic rings. The van der Waals surface area contributed by atoms with Gasteiger partial charge in [0.2, 0.25) is 0 Å². The topological polar surface area (TPSA) is 43.1 Å². The highest BCUT2D eigenvalue weighted by Crippen LogP contribution is 2.19. The van der Waals surface area contributed by atoms with E-state index < -0.39 is 0 Å². The van der Waals surface area contributed by atoms with Gasteiger partial charge in [-0.15, -0.1) is 0 Å². The van der Waals surface area contributed by atoms with Gasteiger partial charge in [0.25, 0.3) is 5.69 Å². The van der Waals surface area contributed by atoms with Crippen LogP contribution >= 0.6 is 8.58 Å². The fraction of sp³-hybridized carbons (Fsp3) is 0.0769. The van der Waals surface area contributed by atoms with Crippen LogP contribution in [0.1, 0.15) is 5.56 Å². The molecule has 1 atom stereocenters. The number of nitro groups is 1. The van der Waals surface area contributed by atoms with Crippen molar-refractivity contribution in [3.05, 3.63) is 64.2 Å². The molecule has 0 heterocycles. The number of aryl methyl sites for hydroxylation is 1. The Hall–Kier alpha value is -1.73. The van der Waals surface area contributed by atoms with Gasteiger partial charge in [-0.1, -0.05) is 51.0 Å². The summed E-state index contributed by atoms with van der Waals surface area (Å²) >= 11 is 0. The van der Waals surface area contributed by atoms with Crippen LogP contribution in [-0.4, -0.2) is 4.92 Å². The summed E-state index contributed by atoms with van der Waals surface area (Å²) in [6.07, 6.45) is 0. The molecule has 0 aliphatic carbocycles. The third kappa shape index (κ3) is 2.89. The van der Waals surface area contributed by atoms with E-state index in [1.54, 1.807) is 13.0 Å². The van der Waals surface area contributed by atoms with Crippen molar-refractivity contribution in [1.29, 1.82) is 0 Å².